The molecule has 0 aromatic heterocycles. The lowest BCUT2D eigenvalue weighted by Crippen LogP contribution is -2.22. The Hall–Kier alpha value is -1.96. The fourth-order valence-electron chi connectivity index (χ4n) is 1.80. The summed E-state index contributed by atoms with van der Waals surface area (Å²) in [6, 6.07) is 9.25. The Labute approximate surface area is 138 Å². The first-order valence-electron chi connectivity index (χ1n) is 6.51. The number of sulfonamides is 1. The summed E-state index contributed by atoms with van der Waals surface area (Å²) in [6.45, 7) is 0. The van der Waals surface area contributed by atoms with Crippen LogP contribution in [0.25, 0.3) is 0 Å². The molecule has 0 bridgehead atoms. The van der Waals surface area contributed by atoms with E-state index in [0.717, 1.165) is 10.4 Å². The standard InChI is InChI=1S/C15H14ClFN2O3S/c1-19(2)23(21,22)12-5-3-4-10(8-12)15(20)18-14-9-11(16)6-7-13(14)17/h3-9H,1-2H3,(H,18,20). The van der Waals surface area contributed by atoms with E-state index in [1.807, 2.05) is 0 Å². The zero-order valence-electron chi connectivity index (χ0n) is 12.4. The monoisotopic (exact) mass is 356 g/mol. The third kappa shape index (κ3) is 3.87. The highest BCUT2D eigenvalue weighted by Gasteiger charge is 2.19. The lowest BCUT2D eigenvalue weighted by molar-refractivity contribution is 0.102. The largest absolute Gasteiger partial charge is 0.319 e. The molecule has 122 valence electrons. The van der Waals surface area contributed by atoms with Crippen LogP contribution in [0, 0.1) is 5.82 Å². The summed E-state index contributed by atoms with van der Waals surface area (Å²) in [6.07, 6.45) is 0. The van der Waals surface area contributed by atoms with Crippen molar-refractivity contribution in [2.75, 3.05) is 19.4 Å². The maximum Gasteiger partial charge on any atom is 0.255 e. The van der Waals surface area contributed by atoms with Gasteiger partial charge in [0.15, 0.2) is 0 Å². The first kappa shape index (κ1) is 17.4. The minimum atomic E-state index is -3.66. The number of hydrogen-bond acceptors (Lipinski definition) is 3. The molecule has 0 aliphatic carbocycles. The van der Waals surface area contributed by atoms with Gasteiger partial charge < -0.3 is 5.32 Å². The number of hydrogen-bond donors (Lipinski definition) is 1. The van der Waals surface area contributed by atoms with Crippen molar-refractivity contribution in [2.45, 2.75) is 4.90 Å². The van der Waals surface area contributed by atoms with E-state index in [1.165, 1.54) is 50.5 Å². The van der Waals surface area contributed by atoms with Gasteiger partial charge in [0, 0.05) is 24.7 Å². The summed E-state index contributed by atoms with van der Waals surface area (Å²) in [4.78, 5) is 12.2. The molecule has 1 N–H and O–H groups in total. The molecule has 0 saturated heterocycles. The minimum Gasteiger partial charge on any atom is -0.319 e. The van der Waals surface area contributed by atoms with Crippen LogP contribution in [-0.2, 0) is 10.0 Å². The molecule has 2 rings (SSSR count). The van der Waals surface area contributed by atoms with Gasteiger partial charge in [-0.05, 0) is 36.4 Å². The van der Waals surface area contributed by atoms with Crippen molar-refractivity contribution in [1.82, 2.24) is 4.31 Å². The molecule has 1 amide bonds. The van der Waals surface area contributed by atoms with Crippen LogP contribution in [0.3, 0.4) is 0 Å². The van der Waals surface area contributed by atoms with Gasteiger partial charge in [0.05, 0.1) is 10.6 Å². The van der Waals surface area contributed by atoms with Crippen molar-refractivity contribution in [3.63, 3.8) is 0 Å². The Morgan fingerprint density at radius 3 is 2.52 bits per heavy atom. The Balaban J connectivity index is 2.32. The molecule has 0 spiro atoms. The summed E-state index contributed by atoms with van der Waals surface area (Å²) in [5.74, 6) is -1.28. The number of nitrogens with one attached hydrogen (secondary N) is 1. The highest BCUT2D eigenvalue weighted by molar-refractivity contribution is 7.89. The van der Waals surface area contributed by atoms with Crippen molar-refractivity contribution in [3.8, 4) is 0 Å². The number of carbonyl (C=O) groups is 1. The van der Waals surface area contributed by atoms with Crippen molar-refractivity contribution < 1.29 is 17.6 Å². The average molecular weight is 357 g/mol. The number of carbonyl (C=O) groups excluding carboxylic acids is 1. The normalized spacial score (nSPS) is 11.5. The molecule has 0 fully saturated rings. The second-order valence-corrected chi connectivity index (χ2v) is 7.48. The predicted octanol–water partition coefficient (Wildman–Crippen LogP) is 2.98. The second kappa shape index (κ2) is 6.66. The smallest absolute Gasteiger partial charge is 0.255 e. The van der Waals surface area contributed by atoms with Crippen molar-refractivity contribution in [3.05, 3.63) is 58.9 Å². The first-order valence-corrected chi connectivity index (χ1v) is 8.32. The van der Waals surface area contributed by atoms with E-state index in [-0.39, 0.29) is 21.2 Å². The number of rotatable bonds is 4. The van der Waals surface area contributed by atoms with Crippen molar-refractivity contribution in [2.24, 2.45) is 0 Å². The van der Waals surface area contributed by atoms with Gasteiger partial charge in [-0.15, -0.1) is 0 Å². The van der Waals surface area contributed by atoms with Crippen molar-refractivity contribution >= 4 is 33.2 Å². The van der Waals surface area contributed by atoms with Gasteiger partial charge in [-0.2, -0.15) is 0 Å². The molecule has 0 radical (unpaired) electrons. The molecule has 0 aliphatic heterocycles. The summed E-state index contributed by atoms with van der Waals surface area (Å²) in [5, 5.41) is 2.64. The fourth-order valence-corrected chi connectivity index (χ4v) is 2.92. The van der Waals surface area contributed by atoms with Crippen LogP contribution in [0.5, 0.6) is 0 Å². The van der Waals surface area contributed by atoms with Crippen LogP contribution in [0.2, 0.25) is 5.02 Å². The molecule has 23 heavy (non-hydrogen) atoms. The molecule has 8 heteroatoms. The summed E-state index contributed by atoms with van der Waals surface area (Å²) in [5.41, 5.74) is 0.00988. The van der Waals surface area contributed by atoms with Crippen LogP contribution < -0.4 is 5.32 Å². The molecule has 2 aromatic rings. The number of amides is 1. The quantitative estimate of drug-likeness (QED) is 0.915. The maximum atomic E-state index is 13.6. The topological polar surface area (TPSA) is 66.5 Å². The Morgan fingerprint density at radius 2 is 1.87 bits per heavy atom. The van der Waals surface area contributed by atoms with Crippen LogP contribution in [-0.4, -0.2) is 32.7 Å². The number of nitrogens with zero attached hydrogens (tertiary/aromatic N) is 1. The molecule has 0 saturated carbocycles. The highest BCUT2D eigenvalue weighted by Crippen LogP contribution is 2.21. The molecule has 0 heterocycles. The van der Waals surface area contributed by atoms with E-state index < -0.39 is 21.7 Å². The Kier molecular flexibility index (Phi) is 5.03. The third-order valence-corrected chi connectivity index (χ3v) is 5.10. The van der Waals surface area contributed by atoms with Gasteiger partial charge in [0.2, 0.25) is 10.0 Å². The van der Waals surface area contributed by atoms with Crippen LogP contribution in [0.15, 0.2) is 47.4 Å². The predicted molar refractivity (Wildman–Crippen MR) is 86.7 cm³/mol. The molecular weight excluding hydrogens is 343 g/mol. The van der Waals surface area contributed by atoms with Gasteiger partial charge in [-0.25, -0.2) is 17.1 Å². The minimum absolute atomic E-state index is 0.0262. The van der Waals surface area contributed by atoms with Gasteiger partial charge in [-0.3, -0.25) is 4.79 Å². The summed E-state index contributed by atoms with van der Waals surface area (Å²) in [7, 11) is -0.878. The summed E-state index contributed by atoms with van der Waals surface area (Å²) < 4.78 is 38.8. The summed E-state index contributed by atoms with van der Waals surface area (Å²) >= 11 is 5.76. The Morgan fingerprint density at radius 1 is 1.17 bits per heavy atom. The van der Waals surface area contributed by atoms with Gasteiger partial charge >= 0.3 is 0 Å². The van der Waals surface area contributed by atoms with E-state index in [4.69, 9.17) is 11.6 Å². The van der Waals surface area contributed by atoms with Gasteiger partial charge in [0.25, 0.3) is 5.91 Å². The number of anilines is 1. The average Bonchev–Trinajstić information content (AvgIpc) is 2.50. The third-order valence-electron chi connectivity index (χ3n) is 3.05. The second-order valence-electron chi connectivity index (χ2n) is 4.89. The Bertz CT molecular complexity index is 854. The lowest BCUT2D eigenvalue weighted by Gasteiger charge is -2.12. The maximum absolute atomic E-state index is 13.6. The first-order chi connectivity index (χ1) is 10.7. The molecule has 0 atom stereocenters. The molecule has 5 nitrogen and oxygen atoms in total. The number of halogens is 2. The van der Waals surface area contributed by atoms with E-state index >= 15 is 0 Å². The lowest BCUT2D eigenvalue weighted by atomic mass is 10.2. The van der Waals surface area contributed by atoms with E-state index in [9.17, 15) is 17.6 Å². The van der Waals surface area contributed by atoms with E-state index in [2.05, 4.69) is 5.32 Å². The highest BCUT2D eigenvalue weighted by atomic mass is 35.5. The van der Waals surface area contributed by atoms with Gasteiger partial charge in [0.1, 0.15) is 5.82 Å². The molecule has 0 unspecified atom stereocenters. The van der Waals surface area contributed by atoms with Crippen LogP contribution in [0.1, 0.15) is 10.4 Å². The zero-order chi connectivity index (χ0) is 17.2. The van der Waals surface area contributed by atoms with Crippen LogP contribution in [0.4, 0.5) is 10.1 Å². The molecule has 0 aliphatic rings. The van der Waals surface area contributed by atoms with Crippen LogP contribution >= 0.6 is 11.6 Å². The van der Waals surface area contributed by atoms with Crippen molar-refractivity contribution in [1.29, 1.82) is 0 Å². The van der Waals surface area contributed by atoms with Gasteiger partial charge in [-0.1, -0.05) is 17.7 Å². The molecular formula is C15H14ClFN2O3S. The SMILES string of the molecule is CN(C)S(=O)(=O)c1cccc(C(=O)Nc2cc(Cl)ccc2F)c1. The zero-order valence-corrected chi connectivity index (χ0v) is 14.0. The fraction of sp³-hybridized carbons (Fsp3) is 0.133. The molecule has 2 aromatic carbocycles. The van der Waals surface area contributed by atoms with E-state index in [0.29, 0.717) is 0 Å². The number of benzene rings is 2. The van der Waals surface area contributed by atoms with E-state index in [1.54, 1.807) is 0 Å².